The molecule has 7 nitrogen and oxygen atoms in total. The molecular weight excluding hydrogens is 264 g/mol. The van der Waals surface area contributed by atoms with Gasteiger partial charge in [-0.3, -0.25) is 10.1 Å². The molecule has 0 aromatic heterocycles. The highest BCUT2D eigenvalue weighted by Gasteiger charge is 2.27. The van der Waals surface area contributed by atoms with E-state index in [4.69, 9.17) is 15.6 Å². The number of hydrogen-bond acceptors (Lipinski definition) is 5. The number of non-ortho nitro benzene ring substituents is 1. The zero-order valence-electron chi connectivity index (χ0n) is 9.16. The van der Waals surface area contributed by atoms with Crippen LogP contribution in [0.5, 0.6) is 5.75 Å². The number of carboxylic acid groups (broad SMARTS) is 1. The predicted octanol–water partition coefficient (Wildman–Crippen LogP) is 1.50. The highest BCUT2D eigenvalue weighted by atomic mass is 35.5. The summed E-state index contributed by atoms with van der Waals surface area (Å²) >= 11 is 0. The van der Waals surface area contributed by atoms with Crippen LogP contribution in [0.15, 0.2) is 12.1 Å². The fourth-order valence-electron chi connectivity index (χ4n) is 1.78. The number of halogens is 1. The van der Waals surface area contributed by atoms with Crippen molar-refractivity contribution in [2.75, 3.05) is 6.61 Å². The zero-order valence-corrected chi connectivity index (χ0v) is 9.98. The summed E-state index contributed by atoms with van der Waals surface area (Å²) in [6.07, 6.45) is 0.507. The monoisotopic (exact) mass is 274 g/mol. The normalized spacial score (nSPS) is 17.1. The number of carbonyl (C=O) groups is 1. The second-order valence-electron chi connectivity index (χ2n) is 3.72. The molecule has 0 saturated heterocycles. The Kier molecular flexibility index (Phi) is 4.10. The minimum Gasteiger partial charge on any atom is -0.492 e. The summed E-state index contributed by atoms with van der Waals surface area (Å²) in [7, 11) is 0. The van der Waals surface area contributed by atoms with E-state index in [2.05, 4.69) is 0 Å². The van der Waals surface area contributed by atoms with Gasteiger partial charge in [-0.05, 0) is 0 Å². The Balaban J connectivity index is 0.00000162. The van der Waals surface area contributed by atoms with E-state index in [1.807, 2.05) is 0 Å². The van der Waals surface area contributed by atoms with E-state index >= 15 is 0 Å². The Bertz CT molecular complexity index is 505. The van der Waals surface area contributed by atoms with Gasteiger partial charge in [0.15, 0.2) is 0 Å². The van der Waals surface area contributed by atoms with E-state index in [-0.39, 0.29) is 29.4 Å². The molecule has 0 bridgehead atoms. The van der Waals surface area contributed by atoms with Gasteiger partial charge >= 0.3 is 5.97 Å². The molecule has 0 fully saturated rings. The van der Waals surface area contributed by atoms with Gasteiger partial charge in [0.1, 0.15) is 11.3 Å². The predicted molar refractivity (Wildman–Crippen MR) is 64.3 cm³/mol. The number of nitrogens with two attached hydrogens (primary N) is 1. The molecule has 1 atom stereocenters. The fourth-order valence-corrected chi connectivity index (χ4v) is 1.78. The Labute approximate surface area is 108 Å². The minimum atomic E-state index is -1.26. The third kappa shape index (κ3) is 2.36. The molecule has 1 aromatic carbocycles. The molecule has 1 aromatic rings. The third-order valence-corrected chi connectivity index (χ3v) is 2.62. The van der Waals surface area contributed by atoms with Gasteiger partial charge in [-0.2, -0.15) is 0 Å². The van der Waals surface area contributed by atoms with E-state index < -0.39 is 16.9 Å². The molecule has 18 heavy (non-hydrogen) atoms. The maximum absolute atomic E-state index is 11.0. The van der Waals surface area contributed by atoms with Gasteiger partial charge in [-0.1, -0.05) is 0 Å². The first-order chi connectivity index (χ1) is 8.00. The Hall–Kier alpha value is -1.86. The van der Waals surface area contributed by atoms with Crippen molar-refractivity contribution >= 4 is 24.1 Å². The first kappa shape index (κ1) is 14.2. The lowest BCUT2D eigenvalue weighted by atomic mass is 9.97. The van der Waals surface area contributed by atoms with Gasteiger partial charge in [0.25, 0.3) is 5.69 Å². The summed E-state index contributed by atoms with van der Waals surface area (Å²) in [6, 6.07) is 1.82. The number of nitro benzene ring substituents is 1. The molecule has 98 valence electrons. The van der Waals surface area contributed by atoms with Gasteiger partial charge in [0.05, 0.1) is 11.5 Å². The second-order valence-corrected chi connectivity index (χ2v) is 3.72. The van der Waals surface area contributed by atoms with Crippen molar-refractivity contribution in [1.29, 1.82) is 0 Å². The largest absolute Gasteiger partial charge is 0.492 e. The van der Waals surface area contributed by atoms with Crippen LogP contribution in [0.25, 0.3) is 0 Å². The van der Waals surface area contributed by atoms with Crippen molar-refractivity contribution in [2.24, 2.45) is 5.73 Å². The fraction of sp³-hybridized carbons (Fsp3) is 0.300. The smallest absolute Gasteiger partial charge is 0.339 e. The molecule has 0 aliphatic carbocycles. The van der Waals surface area contributed by atoms with Crippen molar-refractivity contribution in [3.05, 3.63) is 33.4 Å². The van der Waals surface area contributed by atoms with Crippen LogP contribution in [0.2, 0.25) is 0 Å². The quantitative estimate of drug-likeness (QED) is 0.623. The molecular formula is C10H11ClN2O5. The second kappa shape index (κ2) is 5.19. The molecule has 8 heteroatoms. The molecule has 0 spiro atoms. The topological polar surface area (TPSA) is 116 Å². The van der Waals surface area contributed by atoms with Gasteiger partial charge in [0.2, 0.25) is 0 Å². The zero-order chi connectivity index (χ0) is 12.6. The molecule has 0 radical (unpaired) electrons. The Morgan fingerprint density at radius 1 is 1.56 bits per heavy atom. The van der Waals surface area contributed by atoms with Gasteiger partial charge in [0, 0.05) is 30.2 Å². The highest BCUT2D eigenvalue weighted by Crippen LogP contribution is 2.36. The van der Waals surface area contributed by atoms with Crippen LogP contribution in [-0.2, 0) is 0 Å². The standard InChI is InChI=1S/C10H10N2O5.ClH/c11-8-1-2-17-9-6(8)3-5(12(15)16)4-7(9)10(13)14;/h3-4,8H,1-2,11H2,(H,13,14);1H/t8-;/m1./s1. The molecule has 0 amide bonds. The number of carboxylic acids is 1. The summed E-state index contributed by atoms with van der Waals surface area (Å²) in [6.45, 7) is 0.312. The lowest BCUT2D eigenvalue weighted by molar-refractivity contribution is -0.385. The van der Waals surface area contributed by atoms with Gasteiger partial charge in [-0.15, -0.1) is 12.4 Å². The maximum Gasteiger partial charge on any atom is 0.339 e. The molecule has 3 N–H and O–H groups in total. The highest BCUT2D eigenvalue weighted by molar-refractivity contribution is 5.92. The van der Waals surface area contributed by atoms with Crippen LogP contribution < -0.4 is 10.5 Å². The van der Waals surface area contributed by atoms with Crippen LogP contribution in [0.3, 0.4) is 0 Å². The summed E-state index contributed by atoms with van der Waals surface area (Å²) in [4.78, 5) is 21.1. The molecule has 2 rings (SSSR count). The summed E-state index contributed by atoms with van der Waals surface area (Å²) in [5.74, 6) is -1.12. The van der Waals surface area contributed by atoms with Crippen LogP contribution >= 0.6 is 12.4 Å². The van der Waals surface area contributed by atoms with E-state index in [1.54, 1.807) is 0 Å². The van der Waals surface area contributed by atoms with Crippen molar-refractivity contribution < 1.29 is 19.6 Å². The summed E-state index contributed by atoms with van der Waals surface area (Å²) in [5, 5.41) is 19.7. The van der Waals surface area contributed by atoms with E-state index in [0.29, 0.717) is 18.6 Å². The molecule has 0 unspecified atom stereocenters. The SMILES string of the molecule is Cl.N[C@@H]1CCOc2c(C(=O)O)cc([N+](=O)[O-])cc21. The lowest BCUT2D eigenvalue weighted by Gasteiger charge is -2.23. The number of hydrogen-bond donors (Lipinski definition) is 2. The average molecular weight is 275 g/mol. The number of nitro groups is 1. The van der Waals surface area contributed by atoms with Crippen LogP contribution in [0, 0.1) is 10.1 Å². The number of fused-ring (bicyclic) bond motifs is 1. The van der Waals surface area contributed by atoms with Crippen LogP contribution in [0.4, 0.5) is 5.69 Å². The van der Waals surface area contributed by atoms with Crippen molar-refractivity contribution in [3.63, 3.8) is 0 Å². The first-order valence-electron chi connectivity index (χ1n) is 4.94. The number of nitrogens with zero attached hydrogens (tertiary/aromatic N) is 1. The molecule has 0 saturated carbocycles. The molecule has 1 aliphatic heterocycles. The number of benzene rings is 1. The number of ether oxygens (including phenoxy) is 1. The van der Waals surface area contributed by atoms with Crippen molar-refractivity contribution in [1.82, 2.24) is 0 Å². The summed E-state index contributed by atoms with van der Waals surface area (Å²) in [5.41, 5.74) is 5.66. The van der Waals surface area contributed by atoms with E-state index in [0.717, 1.165) is 6.07 Å². The van der Waals surface area contributed by atoms with Gasteiger partial charge < -0.3 is 15.6 Å². The van der Waals surface area contributed by atoms with Crippen molar-refractivity contribution in [3.8, 4) is 5.75 Å². The van der Waals surface area contributed by atoms with Crippen LogP contribution in [-0.4, -0.2) is 22.6 Å². The first-order valence-corrected chi connectivity index (χ1v) is 4.94. The minimum absolute atomic E-state index is 0. The number of rotatable bonds is 2. The summed E-state index contributed by atoms with van der Waals surface area (Å²) < 4.78 is 5.24. The maximum atomic E-state index is 11.0. The van der Waals surface area contributed by atoms with E-state index in [9.17, 15) is 14.9 Å². The van der Waals surface area contributed by atoms with E-state index in [1.165, 1.54) is 6.07 Å². The average Bonchev–Trinajstić information content (AvgIpc) is 2.28. The molecule has 1 heterocycles. The third-order valence-electron chi connectivity index (χ3n) is 2.62. The van der Waals surface area contributed by atoms with Crippen LogP contribution in [0.1, 0.15) is 28.4 Å². The Morgan fingerprint density at radius 3 is 2.78 bits per heavy atom. The number of aromatic carboxylic acids is 1. The lowest BCUT2D eigenvalue weighted by Crippen LogP contribution is -2.22. The van der Waals surface area contributed by atoms with Crippen molar-refractivity contribution in [2.45, 2.75) is 12.5 Å². The Morgan fingerprint density at radius 2 is 2.22 bits per heavy atom. The molecule has 1 aliphatic rings. The van der Waals surface area contributed by atoms with Gasteiger partial charge in [-0.25, -0.2) is 4.79 Å².